The van der Waals surface area contributed by atoms with Gasteiger partial charge in [-0.2, -0.15) is 0 Å². The van der Waals surface area contributed by atoms with Gasteiger partial charge in [0.15, 0.2) is 5.82 Å². The monoisotopic (exact) mass is 329 g/mol. The first-order valence-electron chi connectivity index (χ1n) is 7.92. The first-order valence-corrected chi connectivity index (χ1v) is 7.92. The number of aryl methyl sites for hydroxylation is 1. The van der Waals surface area contributed by atoms with Gasteiger partial charge in [-0.15, -0.1) is 13.2 Å². The summed E-state index contributed by atoms with van der Waals surface area (Å²) in [5, 5.41) is 6.17. The quantitative estimate of drug-likeness (QED) is 0.665. The molecule has 2 heterocycles. The van der Waals surface area contributed by atoms with Crippen LogP contribution in [-0.4, -0.2) is 34.0 Å². The molecule has 0 saturated heterocycles. The predicted octanol–water partition coefficient (Wildman–Crippen LogP) is 2.99. The lowest BCUT2D eigenvalue weighted by atomic mass is 9.92. The molecule has 0 bridgehead atoms. The summed E-state index contributed by atoms with van der Waals surface area (Å²) in [6.45, 7) is 11.3. The van der Waals surface area contributed by atoms with E-state index in [4.69, 9.17) is 4.52 Å². The van der Waals surface area contributed by atoms with Gasteiger partial charge in [0.1, 0.15) is 5.76 Å². The average Bonchev–Trinajstić information content (AvgIpc) is 2.92. The van der Waals surface area contributed by atoms with Crippen LogP contribution in [0.4, 0.5) is 5.82 Å². The Morgan fingerprint density at radius 3 is 2.67 bits per heavy atom. The van der Waals surface area contributed by atoms with E-state index in [0.717, 1.165) is 6.42 Å². The van der Waals surface area contributed by atoms with Crippen molar-refractivity contribution in [1.29, 1.82) is 0 Å². The summed E-state index contributed by atoms with van der Waals surface area (Å²) < 4.78 is 4.90. The Kier molecular flexibility index (Phi) is 5.73. The molecule has 0 aliphatic carbocycles. The van der Waals surface area contributed by atoms with Gasteiger partial charge in [-0.3, -0.25) is 14.9 Å². The molecule has 1 aromatic rings. The zero-order chi connectivity index (χ0) is 17.7. The lowest BCUT2D eigenvalue weighted by Gasteiger charge is -2.39. The smallest absolute Gasteiger partial charge is 0.315 e. The molecule has 2 atom stereocenters. The van der Waals surface area contributed by atoms with Crippen LogP contribution in [-0.2, 0) is 9.59 Å². The van der Waals surface area contributed by atoms with Crippen molar-refractivity contribution in [3.8, 4) is 0 Å². The standard InChI is InChI=1S/C18H23N3O3/c1-5-7-14-9-12(3)10-15(8-6-2)21(14)18(23)17(22)19-16-11-13(4)24-20-16/h5-6,9,11,14-15H,1-2,7-8,10H2,3-4H3,(H,19,20,22)/t14-,15-/m1/s1. The summed E-state index contributed by atoms with van der Waals surface area (Å²) in [5.41, 5.74) is 1.20. The largest absolute Gasteiger partial charge is 0.360 e. The van der Waals surface area contributed by atoms with Crippen LogP contribution in [0, 0.1) is 6.92 Å². The van der Waals surface area contributed by atoms with E-state index >= 15 is 0 Å². The third-order valence-corrected chi connectivity index (χ3v) is 3.93. The Balaban J connectivity index is 2.22. The molecule has 2 rings (SSSR count). The van der Waals surface area contributed by atoms with E-state index in [1.165, 1.54) is 5.57 Å². The molecule has 1 N–H and O–H groups in total. The zero-order valence-corrected chi connectivity index (χ0v) is 14.1. The van der Waals surface area contributed by atoms with Crippen LogP contribution in [0.5, 0.6) is 0 Å². The Hall–Kier alpha value is -2.63. The molecule has 2 amide bonds. The van der Waals surface area contributed by atoms with Gasteiger partial charge in [-0.05, 0) is 33.1 Å². The minimum atomic E-state index is -0.723. The lowest BCUT2D eigenvalue weighted by Crippen LogP contribution is -2.52. The second-order valence-corrected chi connectivity index (χ2v) is 5.98. The molecule has 0 fully saturated rings. The number of carbonyl (C=O) groups is 2. The van der Waals surface area contributed by atoms with Crippen LogP contribution in [0.1, 0.15) is 31.9 Å². The van der Waals surface area contributed by atoms with Gasteiger partial charge in [0.25, 0.3) is 0 Å². The molecule has 128 valence electrons. The van der Waals surface area contributed by atoms with Gasteiger partial charge >= 0.3 is 11.8 Å². The molecule has 1 aromatic heterocycles. The summed E-state index contributed by atoms with van der Waals surface area (Å²) in [6.07, 6.45) is 7.49. The summed E-state index contributed by atoms with van der Waals surface area (Å²) in [7, 11) is 0. The highest BCUT2D eigenvalue weighted by atomic mass is 16.5. The van der Waals surface area contributed by atoms with Crippen LogP contribution < -0.4 is 5.32 Å². The fraction of sp³-hybridized carbons (Fsp3) is 0.389. The van der Waals surface area contributed by atoms with Crippen molar-refractivity contribution in [3.05, 3.63) is 48.8 Å². The van der Waals surface area contributed by atoms with Crippen molar-refractivity contribution in [2.45, 2.75) is 45.2 Å². The fourth-order valence-electron chi connectivity index (χ4n) is 2.99. The minimum Gasteiger partial charge on any atom is -0.360 e. The van der Waals surface area contributed by atoms with E-state index in [9.17, 15) is 9.59 Å². The van der Waals surface area contributed by atoms with Gasteiger partial charge in [-0.1, -0.05) is 29.0 Å². The number of rotatable bonds is 5. The van der Waals surface area contributed by atoms with Crippen LogP contribution >= 0.6 is 0 Å². The molecule has 1 aliphatic heterocycles. The van der Waals surface area contributed by atoms with Crippen molar-refractivity contribution < 1.29 is 14.1 Å². The van der Waals surface area contributed by atoms with E-state index < -0.39 is 11.8 Å². The highest BCUT2D eigenvalue weighted by Crippen LogP contribution is 2.27. The van der Waals surface area contributed by atoms with Crippen molar-refractivity contribution in [2.24, 2.45) is 0 Å². The Morgan fingerprint density at radius 2 is 2.08 bits per heavy atom. The maximum absolute atomic E-state index is 12.7. The van der Waals surface area contributed by atoms with Crippen LogP contribution in [0.2, 0.25) is 0 Å². The van der Waals surface area contributed by atoms with Crippen molar-refractivity contribution >= 4 is 17.6 Å². The number of hydrogen-bond acceptors (Lipinski definition) is 4. The lowest BCUT2D eigenvalue weighted by molar-refractivity contribution is -0.146. The van der Waals surface area contributed by atoms with Crippen LogP contribution in [0.15, 0.2) is 47.5 Å². The number of hydrogen-bond donors (Lipinski definition) is 1. The molecule has 0 aromatic carbocycles. The molecule has 0 saturated carbocycles. The van der Waals surface area contributed by atoms with E-state index in [1.54, 1.807) is 30.0 Å². The molecule has 0 unspecified atom stereocenters. The summed E-state index contributed by atoms with van der Waals surface area (Å²) >= 11 is 0. The number of amides is 2. The summed E-state index contributed by atoms with van der Waals surface area (Å²) in [5.74, 6) is -0.518. The third kappa shape index (κ3) is 4.01. The second-order valence-electron chi connectivity index (χ2n) is 5.98. The van der Waals surface area contributed by atoms with Crippen molar-refractivity contribution in [2.75, 3.05) is 5.32 Å². The molecule has 0 radical (unpaired) electrons. The number of aromatic nitrogens is 1. The minimum absolute atomic E-state index is 0.0882. The van der Waals surface area contributed by atoms with Crippen molar-refractivity contribution in [3.63, 3.8) is 0 Å². The number of carbonyl (C=O) groups excluding carboxylic acids is 2. The highest BCUT2D eigenvalue weighted by Gasteiger charge is 2.35. The SMILES string of the molecule is C=CC[C@@H]1CC(C)=C[C@@H](CC=C)N1C(=O)C(=O)Nc1cc(C)on1. The second kappa shape index (κ2) is 7.77. The molecular weight excluding hydrogens is 306 g/mol. The van der Waals surface area contributed by atoms with Crippen LogP contribution in [0.25, 0.3) is 0 Å². The van der Waals surface area contributed by atoms with Gasteiger partial charge in [-0.25, -0.2) is 0 Å². The molecule has 24 heavy (non-hydrogen) atoms. The predicted molar refractivity (Wildman–Crippen MR) is 92.3 cm³/mol. The maximum Gasteiger partial charge on any atom is 0.315 e. The first kappa shape index (κ1) is 17.7. The molecule has 6 nitrogen and oxygen atoms in total. The first-order chi connectivity index (χ1) is 11.5. The van der Waals surface area contributed by atoms with Crippen LogP contribution in [0.3, 0.4) is 0 Å². The van der Waals surface area contributed by atoms with E-state index in [1.807, 2.05) is 13.0 Å². The third-order valence-electron chi connectivity index (χ3n) is 3.93. The number of anilines is 1. The zero-order valence-electron chi connectivity index (χ0n) is 14.1. The van der Waals surface area contributed by atoms with Gasteiger partial charge in [0, 0.05) is 12.1 Å². The fourth-order valence-corrected chi connectivity index (χ4v) is 2.99. The van der Waals surface area contributed by atoms with Gasteiger partial charge < -0.3 is 9.42 Å². The normalized spacial score (nSPS) is 20.2. The summed E-state index contributed by atoms with van der Waals surface area (Å²) in [6, 6.07) is 1.29. The van der Waals surface area contributed by atoms with E-state index in [0.29, 0.717) is 18.6 Å². The Morgan fingerprint density at radius 1 is 1.38 bits per heavy atom. The molecule has 0 spiro atoms. The van der Waals surface area contributed by atoms with Gasteiger partial charge in [0.05, 0.1) is 6.04 Å². The Labute approximate surface area is 141 Å². The Bertz CT molecular complexity index is 675. The van der Waals surface area contributed by atoms with Gasteiger partial charge in [0.2, 0.25) is 0 Å². The molecule has 6 heteroatoms. The van der Waals surface area contributed by atoms with E-state index in [2.05, 4.69) is 23.6 Å². The number of nitrogens with zero attached hydrogens (tertiary/aromatic N) is 2. The summed E-state index contributed by atoms with van der Waals surface area (Å²) in [4.78, 5) is 26.7. The maximum atomic E-state index is 12.7. The topological polar surface area (TPSA) is 75.4 Å². The average molecular weight is 329 g/mol. The molecule has 1 aliphatic rings. The molecular formula is C18H23N3O3. The van der Waals surface area contributed by atoms with Crippen molar-refractivity contribution in [1.82, 2.24) is 10.1 Å². The highest BCUT2D eigenvalue weighted by molar-refractivity contribution is 6.39. The van der Waals surface area contributed by atoms with E-state index in [-0.39, 0.29) is 17.9 Å². The number of nitrogens with one attached hydrogen (secondary N) is 1.